The van der Waals surface area contributed by atoms with Crippen molar-refractivity contribution in [2.24, 2.45) is 5.14 Å². The van der Waals surface area contributed by atoms with Crippen LogP contribution in [-0.2, 0) is 20.0 Å². The van der Waals surface area contributed by atoms with Gasteiger partial charge in [0.1, 0.15) is 16.5 Å². The minimum atomic E-state index is -3.98. The third kappa shape index (κ3) is 4.04. The van der Waals surface area contributed by atoms with Crippen molar-refractivity contribution >= 4 is 25.9 Å². The van der Waals surface area contributed by atoms with Gasteiger partial charge in [0.15, 0.2) is 0 Å². The molecule has 0 radical (unpaired) electrons. The molecule has 3 N–H and O–H groups in total. The highest BCUT2D eigenvalue weighted by Crippen LogP contribution is 2.32. The van der Waals surface area contributed by atoms with Crippen LogP contribution in [0.5, 0.6) is 5.75 Å². The molecule has 2 rings (SSSR count). The summed E-state index contributed by atoms with van der Waals surface area (Å²) in [6.07, 6.45) is 3.51. The molecule has 1 aliphatic carbocycles. The third-order valence-electron chi connectivity index (χ3n) is 2.25. The molecule has 0 atom stereocenters. The third-order valence-corrected chi connectivity index (χ3v) is 3.75. The molecule has 0 unspecified atom stereocenters. The van der Waals surface area contributed by atoms with Gasteiger partial charge in [-0.25, -0.2) is 27.0 Å². The highest BCUT2D eigenvalue weighted by atomic mass is 32.2. The maximum atomic E-state index is 11.4. The van der Waals surface area contributed by atoms with Crippen LogP contribution in [0.1, 0.15) is 12.8 Å². The molecule has 1 aromatic rings. The number of hydrogen-bond acceptors (Lipinski definition) is 6. The molecule has 1 aliphatic rings. The average Bonchev–Trinajstić information content (AvgIpc) is 2.97. The Balaban J connectivity index is 2.40. The summed E-state index contributed by atoms with van der Waals surface area (Å²) in [5, 5.41) is 5.04. The van der Waals surface area contributed by atoms with Crippen LogP contribution >= 0.6 is 0 Å². The predicted octanol–water partition coefficient (Wildman–Crippen LogP) is -0.358. The molecule has 1 aromatic heterocycles. The van der Waals surface area contributed by atoms with E-state index in [0.717, 1.165) is 25.3 Å². The Morgan fingerprint density at radius 2 is 2.00 bits per heavy atom. The Labute approximate surface area is 111 Å². The Hall–Kier alpha value is -1.39. The zero-order chi connectivity index (χ0) is 14.3. The second kappa shape index (κ2) is 4.62. The van der Waals surface area contributed by atoms with Crippen LogP contribution < -0.4 is 14.6 Å². The van der Waals surface area contributed by atoms with E-state index in [-0.39, 0.29) is 22.6 Å². The first-order chi connectivity index (χ1) is 8.65. The molecule has 1 heterocycles. The quantitative estimate of drug-likeness (QED) is 0.764. The fraction of sp³-hybridized carbons (Fsp3) is 0.444. The monoisotopic (exact) mass is 307 g/mol. The van der Waals surface area contributed by atoms with E-state index >= 15 is 0 Å². The summed E-state index contributed by atoms with van der Waals surface area (Å²) in [6, 6.07) is 1.21. The molecule has 8 nitrogen and oxygen atoms in total. The first kappa shape index (κ1) is 14.0. The minimum absolute atomic E-state index is 0.00569. The Kier molecular flexibility index (Phi) is 3.41. The van der Waals surface area contributed by atoms with Gasteiger partial charge in [0.05, 0.1) is 18.6 Å². The largest absolute Gasteiger partial charge is 0.489 e. The van der Waals surface area contributed by atoms with E-state index < -0.39 is 20.0 Å². The summed E-state index contributed by atoms with van der Waals surface area (Å²) in [5.74, 6) is -0.0169. The number of ether oxygens (including phenoxy) is 1. The minimum Gasteiger partial charge on any atom is -0.489 e. The van der Waals surface area contributed by atoms with Crippen molar-refractivity contribution in [1.82, 2.24) is 4.98 Å². The van der Waals surface area contributed by atoms with Crippen molar-refractivity contribution in [3.05, 3.63) is 12.3 Å². The Morgan fingerprint density at radius 3 is 2.47 bits per heavy atom. The van der Waals surface area contributed by atoms with Gasteiger partial charge in [0.25, 0.3) is 0 Å². The summed E-state index contributed by atoms with van der Waals surface area (Å²) in [5.41, 5.74) is 0. The second-order valence-corrected chi connectivity index (χ2v) is 7.53. The van der Waals surface area contributed by atoms with Crippen LogP contribution in [0.25, 0.3) is 0 Å². The Bertz CT molecular complexity index is 695. The van der Waals surface area contributed by atoms with Crippen LogP contribution in [0.15, 0.2) is 17.2 Å². The smallest absolute Gasteiger partial charge is 0.243 e. The van der Waals surface area contributed by atoms with E-state index in [2.05, 4.69) is 9.71 Å². The maximum absolute atomic E-state index is 11.4. The normalized spacial score (nSPS) is 16.1. The summed E-state index contributed by atoms with van der Waals surface area (Å²) in [4.78, 5) is 3.42. The van der Waals surface area contributed by atoms with Crippen molar-refractivity contribution < 1.29 is 21.6 Å². The number of nitrogens with two attached hydrogens (primary N) is 1. The molecule has 1 saturated carbocycles. The van der Waals surface area contributed by atoms with Gasteiger partial charge in [-0.15, -0.1) is 0 Å². The standard InChI is InChI=1S/C9H13N3O5S2/c1-18(13,14)12-9-4-7(17-6-2-3-6)8(5-11-9)19(10,15)16/h4-6H,2-3H2,1H3,(H,11,12)(H2,10,15,16). The molecule has 0 bridgehead atoms. The van der Waals surface area contributed by atoms with E-state index in [9.17, 15) is 16.8 Å². The van der Waals surface area contributed by atoms with E-state index in [1.807, 2.05) is 0 Å². The van der Waals surface area contributed by atoms with Crippen LogP contribution in [0, 0.1) is 0 Å². The number of nitrogens with one attached hydrogen (secondary N) is 1. The summed E-state index contributed by atoms with van der Waals surface area (Å²) in [6.45, 7) is 0. The number of hydrogen-bond donors (Lipinski definition) is 2. The van der Waals surface area contributed by atoms with Gasteiger partial charge in [-0.1, -0.05) is 0 Å². The molecule has 0 spiro atoms. The zero-order valence-electron chi connectivity index (χ0n) is 10.0. The van der Waals surface area contributed by atoms with Gasteiger partial charge < -0.3 is 4.74 Å². The van der Waals surface area contributed by atoms with E-state index in [1.54, 1.807) is 0 Å². The molecule has 0 saturated heterocycles. The number of aromatic nitrogens is 1. The van der Waals surface area contributed by atoms with E-state index in [1.165, 1.54) is 6.07 Å². The number of primary sulfonamides is 1. The predicted molar refractivity (Wildman–Crippen MR) is 67.7 cm³/mol. The van der Waals surface area contributed by atoms with Gasteiger partial charge in [0, 0.05) is 6.07 Å². The zero-order valence-corrected chi connectivity index (χ0v) is 11.7. The SMILES string of the molecule is CS(=O)(=O)Nc1cc(OC2CC2)c(S(N)(=O)=O)cn1. The maximum Gasteiger partial charge on any atom is 0.243 e. The molecular formula is C9H13N3O5S2. The van der Waals surface area contributed by atoms with Gasteiger partial charge in [-0.05, 0) is 12.8 Å². The average molecular weight is 307 g/mol. The first-order valence-corrected chi connectivity index (χ1v) is 8.76. The first-order valence-electron chi connectivity index (χ1n) is 5.32. The Morgan fingerprint density at radius 1 is 1.37 bits per heavy atom. The molecule has 19 heavy (non-hydrogen) atoms. The molecule has 1 fully saturated rings. The topological polar surface area (TPSA) is 128 Å². The highest BCUT2D eigenvalue weighted by molar-refractivity contribution is 7.92. The molecular weight excluding hydrogens is 294 g/mol. The molecule has 10 heteroatoms. The second-order valence-electron chi connectivity index (χ2n) is 4.25. The van der Waals surface area contributed by atoms with Gasteiger partial charge in [-0.2, -0.15) is 0 Å². The number of anilines is 1. The fourth-order valence-electron chi connectivity index (χ4n) is 1.34. The fourth-order valence-corrected chi connectivity index (χ4v) is 2.42. The van der Waals surface area contributed by atoms with Crippen LogP contribution in [-0.4, -0.2) is 34.2 Å². The van der Waals surface area contributed by atoms with Crippen molar-refractivity contribution in [2.45, 2.75) is 23.8 Å². The van der Waals surface area contributed by atoms with Crippen molar-refractivity contribution in [3.63, 3.8) is 0 Å². The summed E-state index contributed by atoms with van der Waals surface area (Å²) < 4.78 is 52.5. The number of rotatable bonds is 5. The number of nitrogens with zero attached hydrogens (tertiary/aromatic N) is 1. The lowest BCUT2D eigenvalue weighted by molar-refractivity contribution is 0.295. The summed E-state index contributed by atoms with van der Waals surface area (Å²) in [7, 11) is -7.48. The number of pyridine rings is 1. The van der Waals surface area contributed by atoms with Crippen LogP contribution in [0.2, 0.25) is 0 Å². The van der Waals surface area contributed by atoms with Crippen molar-refractivity contribution in [1.29, 1.82) is 0 Å². The summed E-state index contributed by atoms with van der Waals surface area (Å²) >= 11 is 0. The van der Waals surface area contributed by atoms with Crippen molar-refractivity contribution in [3.8, 4) is 5.75 Å². The lowest BCUT2D eigenvalue weighted by atomic mass is 10.4. The molecule has 0 aromatic carbocycles. The van der Waals surface area contributed by atoms with Gasteiger partial charge in [0.2, 0.25) is 20.0 Å². The molecule has 0 amide bonds. The lowest BCUT2D eigenvalue weighted by Gasteiger charge is -2.11. The van der Waals surface area contributed by atoms with E-state index in [4.69, 9.17) is 9.88 Å². The van der Waals surface area contributed by atoms with Crippen LogP contribution in [0.4, 0.5) is 5.82 Å². The molecule has 106 valence electrons. The lowest BCUT2D eigenvalue weighted by Crippen LogP contribution is -2.16. The molecule has 0 aliphatic heterocycles. The van der Waals surface area contributed by atoms with E-state index in [0.29, 0.717) is 0 Å². The van der Waals surface area contributed by atoms with Crippen LogP contribution in [0.3, 0.4) is 0 Å². The van der Waals surface area contributed by atoms with Gasteiger partial charge in [-0.3, -0.25) is 4.72 Å². The highest BCUT2D eigenvalue weighted by Gasteiger charge is 2.27. The number of sulfonamides is 2. The van der Waals surface area contributed by atoms with Crippen molar-refractivity contribution in [2.75, 3.05) is 11.0 Å². The van der Waals surface area contributed by atoms with Gasteiger partial charge >= 0.3 is 0 Å².